The van der Waals surface area contributed by atoms with Crippen LogP contribution in [0.15, 0.2) is 35.2 Å². The fourth-order valence-corrected chi connectivity index (χ4v) is 7.43. The van der Waals surface area contributed by atoms with E-state index in [4.69, 9.17) is 0 Å². The van der Waals surface area contributed by atoms with Crippen molar-refractivity contribution in [2.24, 2.45) is 0 Å². The van der Waals surface area contributed by atoms with Crippen LogP contribution in [-0.2, 0) is 24.7 Å². The summed E-state index contributed by atoms with van der Waals surface area (Å²) in [5.41, 5.74) is 0.721. The average molecular weight is 469 g/mol. The van der Waals surface area contributed by atoms with Crippen molar-refractivity contribution in [1.82, 2.24) is 9.21 Å². The van der Waals surface area contributed by atoms with Gasteiger partial charge in [0.1, 0.15) is 0 Å². The van der Waals surface area contributed by atoms with E-state index in [0.29, 0.717) is 26.1 Å². The van der Waals surface area contributed by atoms with Gasteiger partial charge in [0.05, 0.1) is 16.4 Å². The zero-order chi connectivity index (χ0) is 22.5. The highest BCUT2D eigenvalue weighted by atomic mass is 32.2. The lowest BCUT2D eigenvalue weighted by Crippen LogP contribution is -2.40. The van der Waals surface area contributed by atoms with Crippen molar-refractivity contribution < 1.29 is 21.6 Å². The number of hydrogen-bond acceptors (Lipinski definition) is 5. The summed E-state index contributed by atoms with van der Waals surface area (Å²) in [4.78, 5) is 14.6. The number of amides is 1. The average Bonchev–Trinajstić information content (AvgIpc) is 2.94. The van der Waals surface area contributed by atoms with E-state index in [1.54, 1.807) is 39.5 Å². The molecule has 2 aliphatic rings. The number of rotatable bonds is 7. The van der Waals surface area contributed by atoms with E-state index in [1.807, 2.05) is 6.92 Å². The summed E-state index contributed by atoms with van der Waals surface area (Å²) in [5, 5.41) is 0. The number of hydrogen-bond donors (Lipinski definition) is 0. The van der Waals surface area contributed by atoms with Crippen molar-refractivity contribution in [3.8, 4) is 0 Å². The van der Waals surface area contributed by atoms with Gasteiger partial charge in [0, 0.05) is 31.8 Å². The molecule has 1 amide bonds. The molecule has 0 N–H and O–H groups in total. The molecule has 1 aromatic carbocycles. The Kier molecular flexibility index (Phi) is 7.93. The van der Waals surface area contributed by atoms with E-state index < -0.39 is 19.9 Å². The van der Waals surface area contributed by atoms with Crippen molar-refractivity contribution in [3.05, 3.63) is 35.9 Å². The third-order valence-corrected chi connectivity index (χ3v) is 9.56. The second-order valence-electron chi connectivity index (χ2n) is 8.31. The van der Waals surface area contributed by atoms with Crippen molar-refractivity contribution in [1.29, 1.82) is 0 Å². The number of nitrogens with zero attached hydrogens (tertiary/aromatic N) is 2. The number of benzene rings is 1. The Morgan fingerprint density at radius 1 is 1.13 bits per heavy atom. The standard InChI is InChI=1S/C22H32N2O5S2/c1-2-14-24(20-13-17-30(26,27)18-20)22(25)12-9-19-7-10-21(11-8-19)31(28,29)23-15-5-3-4-6-16-23/h7-12,20H,2-6,13-18H2,1H3/b12-9+. The molecule has 0 bridgehead atoms. The maximum Gasteiger partial charge on any atom is 0.246 e. The lowest BCUT2D eigenvalue weighted by molar-refractivity contribution is -0.127. The molecule has 2 saturated heterocycles. The van der Waals surface area contributed by atoms with E-state index in [-0.39, 0.29) is 28.4 Å². The van der Waals surface area contributed by atoms with Gasteiger partial charge in [0.15, 0.2) is 9.84 Å². The molecule has 2 fully saturated rings. The smallest absolute Gasteiger partial charge is 0.246 e. The van der Waals surface area contributed by atoms with Gasteiger partial charge in [-0.3, -0.25) is 4.79 Å². The molecule has 0 radical (unpaired) electrons. The molecule has 31 heavy (non-hydrogen) atoms. The highest BCUT2D eigenvalue weighted by molar-refractivity contribution is 7.91. The van der Waals surface area contributed by atoms with Crippen LogP contribution in [0.1, 0.15) is 51.0 Å². The first-order valence-corrected chi connectivity index (χ1v) is 14.3. The number of carbonyl (C=O) groups is 1. The summed E-state index contributed by atoms with van der Waals surface area (Å²) in [6, 6.07) is 6.27. The van der Waals surface area contributed by atoms with Crippen LogP contribution in [-0.4, -0.2) is 69.1 Å². The second-order valence-corrected chi connectivity index (χ2v) is 12.5. The van der Waals surface area contributed by atoms with Crippen LogP contribution < -0.4 is 0 Å². The van der Waals surface area contributed by atoms with Gasteiger partial charge >= 0.3 is 0 Å². The fourth-order valence-electron chi connectivity index (χ4n) is 4.18. The largest absolute Gasteiger partial charge is 0.335 e. The minimum absolute atomic E-state index is 0.0234. The van der Waals surface area contributed by atoms with Crippen LogP contribution in [0.5, 0.6) is 0 Å². The van der Waals surface area contributed by atoms with Gasteiger partial charge in [-0.15, -0.1) is 0 Å². The summed E-state index contributed by atoms with van der Waals surface area (Å²) >= 11 is 0. The molecule has 0 aliphatic carbocycles. The molecular weight excluding hydrogens is 436 g/mol. The lowest BCUT2D eigenvalue weighted by atomic mass is 10.2. The predicted octanol–water partition coefficient (Wildman–Crippen LogP) is 2.69. The molecule has 0 saturated carbocycles. The Bertz CT molecular complexity index is 993. The second kappa shape index (κ2) is 10.3. The molecule has 2 aliphatic heterocycles. The first-order chi connectivity index (χ1) is 14.7. The Morgan fingerprint density at radius 3 is 2.32 bits per heavy atom. The molecule has 0 aromatic heterocycles. The minimum Gasteiger partial charge on any atom is -0.335 e. The maximum atomic E-state index is 12.9. The number of sulfonamides is 1. The Labute approximate surface area is 186 Å². The molecule has 2 heterocycles. The quantitative estimate of drug-likeness (QED) is 0.574. The summed E-state index contributed by atoms with van der Waals surface area (Å²) in [6.45, 7) is 3.58. The molecule has 1 aromatic rings. The van der Waals surface area contributed by atoms with Gasteiger partial charge in [0.2, 0.25) is 15.9 Å². The van der Waals surface area contributed by atoms with Crippen molar-refractivity contribution >= 4 is 31.8 Å². The first kappa shape index (κ1) is 23.9. The van der Waals surface area contributed by atoms with Gasteiger partial charge in [-0.1, -0.05) is 31.9 Å². The van der Waals surface area contributed by atoms with E-state index in [2.05, 4.69) is 0 Å². The molecule has 1 atom stereocenters. The summed E-state index contributed by atoms with van der Waals surface area (Å²) in [6.07, 6.45) is 8.22. The predicted molar refractivity (Wildman–Crippen MR) is 122 cm³/mol. The molecular formula is C22H32N2O5S2. The van der Waals surface area contributed by atoms with E-state index >= 15 is 0 Å². The van der Waals surface area contributed by atoms with E-state index in [0.717, 1.165) is 37.7 Å². The summed E-state index contributed by atoms with van der Waals surface area (Å²) in [5.74, 6) is -0.0671. The van der Waals surface area contributed by atoms with E-state index in [9.17, 15) is 21.6 Å². The number of sulfone groups is 1. The highest BCUT2D eigenvalue weighted by Gasteiger charge is 2.33. The molecule has 9 heteroatoms. The molecule has 3 rings (SSSR count). The zero-order valence-corrected chi connectivity index (χ0v) is 19.7. The summed E-state index contributed by atoms with van der Waals surface area (Å²) < 4.78 is 50.9. The molecule has 172 valence electrons. The zero-order valence-electron chi connectivity index (χ0n) is 18.1. The van der Waals surface area contributed by atoms with Gasteiger partial charge in [-0.2, -0.15) is 4.31 Å². The minimum atomic E-state index is -3.50. The Morgan fingerprint density at radius 2 is 1.77 bits per heavy atom. The molecule has 0 spiro atoms. The van der Waals surface area contributed by atoms with Crippen LogP contribution in [0.25, 0.3) is 6.08 Å². The topological polar surface area (TPSA) is 91.8 Å². The van der Waals surface area contributed by atoms with Crippen molar-refractivity contribution in [2.75, 3.05) is 31.1 Å². The SMILES string of the molecule is CCCN(C(=O)/C=C/c1ccc(S(=O)(=O)N2CCCCCC2)cc1)C1CCS(=O)(=O)C1. The maximum absolute atomic E-state index is 12.9. The van der Waals surface area contributed by atoms with Crippen LogP contribution in [0.2, 0.25) is 0 Å². The fraction of sp³-hybridized carbons (Fsp3) is 0.591. The third kappa shape index (κ3) is 6.17. The molecule has 7 nitrogen and oxygen atoms in total. The van der Waals surface area contributed by atoms with E-state index in [1.165, 1.54) is 6.08 Å². The van der Waals surface area contributed by atoms with Crippen LogP contribution in [0.4, 0.5) is 0 Å². The van der Waals surface area contributed by atoms with Crippen molar-refractivity contribution in [2.45, 2.75) is 56.4 Å². The van der Waals surface area contributed by atoms with Crippen LogP contribution in [0.3, 0.4) is 0 Å². The third-order valence-electron chi connectivity index (χ3n) is 5.90. The van der Waals surface area contributed by atoms with Gasteiger partial charge in [-0.05, 0) is 49.5 Å². The van der Waals surface area contributed by atoms with Gasteiger partial charge in [-0.25, -0.2) is 16.8 Å². The van der Waals surface area contributed by atoms with Crippen molar-refractivity contribution in [3.63, 3.8) is 0 Å². The Hall–Kier alpha value is -1.71. The van der Waals surface area contributed by atoms with Gasteiger partial charge < -0.3 is 4.90 Å². The first-order valence-electron chi connectivity index (χ1n) is 11.0. The lowest BCUT2D eigenvalue weighted by Gasteiger charge is -2.26. The highest BCUT2D eigenvalue weighted by Crippen LogP contribution is 2.22. The van der Waals surface area contributed by atoms with Gasteiger partial charge in [0.25, 0.3) is 0 Å². The number of carbonyl (C=O) groups excluding carboxylic acids is 1. The van der Waals surface area contributed by atoms with Crippen LogP contribution >= 0.6 is 0 Å². The normalized spacial score (nSPS) is 22.4. The molecule has 1 unspecified atom stereocenters. The summed E-state index contributed by atoms with van der Waals surface area (Å²) in [7, 11) is -6.57. The van der Waals surface area contributed by atoms with Crippen LogP contribution in [0, 0.1) is 0 Å². The Balaban J connectivity index is 1.68. The monoisotopic (exact) mass is 468 g/mol.